The molecule has 0 aliphatic carbocycles. The monoisotopic (exact) mass is 378 g/mol. The van der Waals surface area contributed by atoms with Gasteiger partial charge in [0.05, 0.1) is 5.69 Å². The van der Waals surface area contributed by atoms with Gasteiger partial charge in [-0.25, -0.2) is 0 Å². The predicted molar refractivity (Wildman–Crippen MR) is 107 cm³/mol. The summed E-state index contributed by atoms with van der Waals surface area (Å²) in [4.78, 5) is 16.2. The molecule has 0 spiro atoms. The molecule has 0 unspecified atom stereocenters. The lowest BCUT2D eigenvalue weighted by molar-refractivity contribution is -0.116. The first-order chi connectivity index (χ1) is 13.2. The summed E-state index contributed by atoms with van der Waals surface area (Å²) in [5, 5.41) is 3.50. The van der Waals surface area contributed by atoms with Crippen molar-refractivity contribution in [2.75, 3.05) is 0 Å². The highest BCUT2D eigenvalue weighted by Crippen LogP contribution is 2.15. The Bertz CT molecular complexity index is 926. The van der Waals surface area contributed by atoms with Crippen molar-refractivity contribution in [2.24, 2.45) is 0 Å². The maximum absolute atomic E-state index is 12.0. The summed E-state index contributed by atoms with van der Waals surface area (Å²) >= 11 is 5.93. The van der Waals surface area contributed by atoms with E-state index in [0.717, 1.165) is 22.6 Å². The molecule has 3 rings (SSSR count). The Labute approximate surface area is 163 Å². The van der Waals surface area contributed by atoms with Crippen LogP contribution in [0.1, 0.15) is 16.8 Å². The van der Waals surface area contributed by atoms with Gasteiger partial charge in [0.25, 0.3) is 0 Å². The molecule has 0 aliphatic rings. The van der Waals surface area contributed by atoms with Gasteiger partial charge in [-0.05, 0) is 53.6 Å². The molecule has 4 nitrogen and oxygen atoms in total. The molecule has 0 saturated heterocycles. The lowest BCUT2D eigenvalue weighted by atomic mass is 10.2. The zero-order chi connectivity index (χ0) is 18.9. The minimum absolute atomic E-state index is 0.171. The highest BCUT2D eigenvalue weighted by molar-refractivity contribution is 6.30. The van der Waals surface area contributed by atoms with Crippen LogP contribution in [-0.4, -0.2) is 10.9 Å². The second-order valence-electron chi connectivity index (χ2n) is 5.86. The first kappa shape index (κ1) is 18.7. The number of carbonyl (C=O) groups excluding carboxylic acids is 1. The first-order valence-corrected chi connectivity index (χ1v) is 8.90. The van der Waals surface area contributed by atoms with Crippen LogP contribution in [0.5, 0.6) is 5.75 Å². The third kappa shape index (κ3) is 6.28. The predicted octanol–water partition coefficient (Wildman–Crippen LogP) is 4.64. The molecule has 0 bridgehead atoms. The molecule has 0 radical (unpaired) electrons. The Kier molecular flexibility index (Phi) is 6.61. The molecule has 1 aromatic heterocycles. The number of hydrogen-bond donors (Lipinski definition) is 1. The molecule has 1 amide bonds. The first-order valence-electron chi connectivity index (χ1n) is 8.52. The van der Waals surface area contributed by atoms with Crippen molar-refractivity contribution in [3.63, 3.8) is 0 Å². The zero-order valence-corrected chi connectivity index (χ0v) is 15.4. The summed E-state index contributed by atoms with van der Waals surface area (Å²) in [6, 6.07) is 20.7. The van der Waals surface area contributed by atoms with Gasteiger partial charge in [-0.2, -0.15) is 0 Å². The summed E-state index contributed by atoms with van der Waals surface area (Å²) in [7, 11) is 0. The van der Waals surface area contributed by atoms with Crippen molar-refractivity contribution in [2.45, 2.75) is 13.2 Å². The van der Waals surface area contributed by atoms with Crippen LogP contribution in [0.3, 0.4) is 0 Å². The highest BCUT2D eigenvalue weighted by atomic mass is 35.5. The zero-order valence-electron chi connectivity index (χ0n) is 14.6. The van der Waals surface area contributed by atoms with Gasteiger partial charge in [-0.15, -0.1) is 0 Å². The van der Waals surface area contributed by atoms with Crippen LogP contribution in [0.4, 0.5) is 0 Å². The number of nitrogens with zero attached hydrogens (tertiary/aromatic N) is 1. The lowest BCUT2D eigenvalue weighted by Gasteiger charge is -2.08. The van der Waals surface area contributed by atoms with E-state index in [9.17, 15) is 4.79 Å². The van der Waals surface area contributed by atoms with E-state index in [2.05, 4.69) is 10.3 Å². The maximum Gasteiger partial charge on any atom is 0.244 e. The molecule has 1 N–H and O–H groups in total. The standard InChI is InChI=1S/C22H19ClN2O2/c23-19-7-3-5-17(13-19)10-11-22(26)25-15-18-6-4-9-21(14-18)27-16-20-8-1-2-12-24-20/h1-14H,15-16H2,(H,25,26)/b11-10+. The van der Waals surface area contributed by atoms with E-state index < -0.39 is 0 Å². The van der Waals surface area contributed by atoms with Crippen molar-refractivity contribution in [3.05, 3.63) is 101 Å². The summed E-state index contributed by atoms with van der Waals surface area (Å²) in [6.45, 7) is 0.818. The fourth-order valence-corrected chi connectivity index (χ4v) is 2.62. The van der Waals surface area contributed by atoms with Crippen LogP contribution in [0.2, 0.25) is 5.02 Å². The van der Waals surface area contributed by atoms with Crippen molar-refractivity contribution in [3.8, 4) is 5.75 Å². The number of hydrogen-bond acceptors (Lipinski definition) is 3. The SMILES string of the molecule is O=C(/C=C/c1cccc(Cl)c1)NCc1cccc(OCc2ccccn2)c1. The molecule has 0 saturated carbocycles. The number of rotatable bonds is 7. The number of benzene rings is 2. The molecular weight excluding hydrogens is 360 g/mol. The average Bonchev–Trinajstić information content (AvgIpc) is 2.70. The summed E-state index contributed by atoms with van der Waals surface area (Å²) in [5.74, 6) is 0.566. The van der Waals surface area contributed by atoms with E-state index in [1.807, 2.05) is 54.6 Å². The summed E-state index contributed by atoms with van der Waals surface area (Å²) in [6.07, 6.45) is 4.96. The Balaban J connectivity index is 1.51. The smallest absolute Gasteiger partial charge is 0.244 e. The quantitative estimate of drug-likeness (QED) is 0.609. The number of halogens is 1. The van der Waals surface area contributed by atoms with Gasteiger partial charge in [0.1, 0.15) is 12.4 Å². The number of amides is 1. The fraction of sp³-hybridized carbons (Fsp3) is 0.0909. The molecule has 2 aromatic carbocycles. The molecule has 0 aliphatic heterocycles. The molecule has 136 valence electrons. The number of ether oxygens (including phenoxy) is 1. The van der Waals surface area contributed by atoms with Crippen LogP contribution in [0.15, 0.2) is 79.0 Å². The van der Waals surface area contributed by atoms with E-state index in [0.29, 0.717) is 18.2 Å². The minimum atomic E-state index is -0.171. The Hall–Kier alpha value is -3.11. The van der Waals surface area contributed by atoms with Crippen LogP contribution < -0.4 is 10.1 Å². The molecule has 5 heteroatoms. The Morgan fingerprint density at radius 2 is 1.96 bits per heavy atom. The van der Waals surface area contributed by atoms with Gasteiger partial charge in [0, 0.05) is 23.8 Å². The van der Waals surface area contributed by atoms with Crippen LogP contribution in [0.25, 0.3) is 6.08 Å². The van der Waals surface area contributed by atoms with Crippen LogP contribution in [-0.2, 0) is 17.9 Å². The van der Waals surface area contributed by atoms with E-state index in [1.54, 1.807) is 24.4 Å². The van der Waals surface area contributed by atoms with Gasteiger partial charge in [0.15, 0.2) is 0 Å². The van der Waals surface area contributed by atoms with Crippen LogP contribution in [0, 0.1) is 0 Å². The highest BCUT2D eigenvalue weighted by Gasteiger charge is 2.01. The molecule has 27 heavy (non-hydrogen) atoms. The number of nitrogens with one attached hydrogen (secondary N) is 1. The van der Waals surface area contributed by atoms with Crippen molar-refractivity contribution in [1.82, 2.24) is 10.3 Å². The van der Waals surface area contributed by atoms with Crippen molar-refractivity contribution < 1.29 is 9.53 Å². The maximum atomic E-state index is 12.0. The normalized spacial score (nSPS) is 10.7. The number of aromatic nitrogens is 1. The topological polar surface area (TPSA) is 51.2 Å². The second-order valence-corrected chi connectivity index (χ2v) is 6.30. The minimum Gasteiger partial charge on any atom is -0.487 e. The van der Waals surface area contributed by atoms with Gasteiger partial charge in [-0.3, -0.25) is 9.78 Å². The third-order valence-electron chi connectivity index (χ3n) is 3.75. The average molecular weight is 379 g/mol. The molecule has 3 aromatic rings. The second kappa shape index (κ2) is 9.55. The van der Waals surface area contributed by atoms with Crippen molar-refractivity contribution >= 4 is 23.6 Å². The van der Waals surface area contributed by atoms with E-state index in [-0.39, 0.29) is 5.91 Å². The number of pyridine rings is 1. The van der Waals surface area contributed by atoms with Crippen LogP contribution >= 0.6 is 11.6 Å². The summed E-state index contributed by atoms with van der Waals surface area (Å²) < 4.78 is 5.75. The largest absolute Gasteiger partial charge is 0.487 e. The van der Waals surface area contributed by atoms with E-state index in [1.165, 1.54) is 6.08 Å². The Morgan fingerprint density at radius 1 is 1.07 bits per heavy atom. The summed E-state index contributed by atoms with van der Waals surface area (Å²) in [5.41, 5.74) is 2.70. The lowest BCUT2D eigenvalue weighted by Crippen LogP contribution is -2.20. The third-order valence-corrected chi connectivity index (χ3v) is 3.99. The molecule has 0 atom stereocenters. The van der Waals surface area contributed by atoms with Gasteiger partial charge in [-0.1, -0.05) is 41.9 Å². The molecule has 1 heterocycles. The molecular formula is C22H19ClN2O2. The van der Waals surface area contributed by atoms with Gasteiger partial charge < -0.3 is 10.1 Å². The number of carbonyl (C=O) groups is 1. The van der Waals surface area contributed by atoms with Gasteiger partial charge in [0.2, 0.25) is 5.91 Å². The Morgan fingerprint density at radius 3 is 2.78 bits per heavy atom. The van der Waals surface area contributed by atoms with E-state index in [4.69, 9.17) is 16.3 Å². The molecule has 0 fully saturated rings. The van der Waals surface area contributed by atoms with Gasteiger partial charge >= 0.3 is 0 Å². The fourth-order valence-electron chi connectivity index (χ4n) is 2.42. The van der Waals surface area contributed by atoms with E-state index >= 15 is 0 Å². The van der Waals surface area contributed by atoms with Crippen molar-refractivity contribution in [1.29, 1.82) is 0 Å².